The average molecular weight is 498 g/mol. The fraction of sp³-hybridized carbons (Fsp3) is 1.00. The Bertz CT molecular complexity index is 289. The van der Waals surface area contributed by atoms with Crippen LogP contribution in [-0.4, -0.2) is 60.9 Å². The molecule has 0 aromatic heterocycles. The minimum absolute atomic E-state index is 0.815. The first-order valence-electron chi connectivity index (χ1n) is 10.2. The van der Waals surface area contributed by atoms with Crippen molar-refractivity contribution in [1.29, 1.82) is 0 Å². The normalized spacial score (nSPS) is 8.86. The zero-order valence-corrected chi connectivity index (χ0v) is 25.7. The van der Waals surface area contributed by atoms with E-state index in [0.717, 1.165) is 60.9 Å². The van der Waals surface area contributed by atoms with Crippen LogP contribution in [-0.2, 0) is 9.13 Å². The average Bonchev–Trinajstić information content (AvgIpc) is 2.58. The molecule has 0 saturated carbocycles. The third-order valence-corrected chi connectivity index (χ3v) is 9.63. The maximum absolute atomic E-state index is 9.24. The Labute approximate surface area is 200 Å². The van der Waals surface area contributed by atoms with Crippen LogP contribution >= 0.6 is 14.6 Å². The SMILES string of the molecule is C[CH2][Al+][CH2]C.C[CH2][Al+][CH2]C.C[CH2][Al+][CH2]C.C[CH2][Al+][CH2]C.O=P([O-])([O-])P(=O)([O-])[O-]. The summed E-state index contributed by atoms with van der Waals surface area (Å²) in [5.41, 5.74) is 0. The minimum Gasteiger partial charge on any atom is -0.807 e. The standard InChI is InChI=1S/8C2H5.4Al.H4O6P2/c8*1-2;;;;;1-7(2,3)8(4,5)6/h8*1H2,2H3;;;;;(H2,1,2,3)(H2,4,5,6)/q;;;;;;;;4*+1;/p-4. The molecule has 0 atom stereocenters. The van der Waals surface area contributed by atoms with Crippen LogP contribution in [0.15, 0.2) is 0 Å². The van der Waals surface area contributed by atoms with Gasteiger partial charge in [-0.3, -0.25) is 0 Å². The molecule has 12 heteroatoms. The van der Waals surface area contributed by atoms with Gasteiger partial charge in [-0.05, 0) is 14.6 Å². The fourth-order valence-electron chi connectivity index (χ4n) is 1.15. The second-order valence-corrected chi connectivity index (χ2v) is 19.0. The number of hydrogen-bond acceptors (Lipinski definition) is 6. The molecule has 0 unspecified atom stereocenters. The van der Waals surface area contributed by atoms with E-state index in [1.807, 2.05) is 0 Å². The molecule has 0 heterocycles. The molecule has 28 heavy (non-hydrogen) atoms. The molecule has 0 aliphatic rings. The van der Waals surface area contributed by atoms with Gasteiger partial charge < -0.3 is 28.7 Å². The summed E-state index contributed by atoms with van der Waals surface area (Å²) in [6, 6.07) is 0. The van der Waals surface area contributed by atoms with E-state index in [-0.39, 0.29) is 0 Å². The van der Waals surface area contributed by atoms with Crippen LogP contribution in [0.1, 0.15) is 55.4 Å². The molecule has 162 valence electrons. The molecule has 0 aliphatic carbocycles. The summed E-state index contributed by atoms with van der Waals surface area (Å²) in [5, 5.41) is 11.4. The Kier molecular flexibility index (Phi) is 49.6. The molecular weight excluding hydrogens is 458 g/mol. The quantitative estimate of drug-likeness (QED) is 0.355. The van der Waals surface area contributed by atoms with Crippen molar-refractivity contribution in [3.63, 3.8) is 0 Å². The summed E-state index contributed by atoms with van der Waals surface area (Å²) in [6.07, 6.45) is 0. The van der Waals surface area contributed by atoms with Crippen molar-refractivity contribution in [1.82, 2.24) is 0 Å². The predicted octanol–water partition coefficient (Wildman–Crippen LogP) is 3.00. The number of rotatable bonds is 9. The largest absolute Gasteiger partial charge is 0.807 e. The summed E-state index contributed by atoms with van der Waals surface area (Å²) in [7, 11) is -11.8. The Morgan fingerprint density at radius 1 is 0.429 bits per heavy atom. The first-order chi connectivity index (χ1) is 12.9. The third-order valence-electron chi connectivity index (χ3n) is 2.61. The van der Waals surface area contributed by atoms with E-state index < -0.39 is 14.6 Å². The molecule has 0 saturated heterocycles. The zero-order valence-electron chi connectivity index (χ0n) is 19.3. The molecule has 0 aromatic rings. The van der Waals surface area contributed by atoms with Crippen molar-refractivity contribution in [2.45, 2.75) is 97.7 Å². The van der Waals surface area contributed by atoms with Gasteiger partial charge >= 0.3 is 159 Å². The molecule has 0 aliphatic heterocycles. The van der Waals surface area contributed by atoms with E-state index >= 15 is 0 Å². The molecule has 6 nitrogen and oxygen atoms in total. The van der Waals surface area contributed by atoms with Gasteiger partial charge in [-0.25, -0.2) is 0 Å². The molecule has 0 aromatic carbocycles. The summed E-state index contributed by atoms with van der Waals surface area (Å²) in [4.78, 5) is 36.9. The molecule has 0 N–H and O–H groups in total. The minimum atomic E-state index is -5.91. The Hall–Kier alpha value is 2.43. The summed E-state index contributed by atoms with van der Waals surface area (Å²) in [5.74, 6) is 0. The van der Waals surface area contributed by atoms with E-state index in [2.05, 4.69) is 55.4 Å². The van der Waals surface area contributed by atoms with E-state index in [1.54, 1.807) is 0 Å². The van der Waals surface area contributed by atoms with Crippen LogP contribution in [0.4, 0.5) is 0 Å². The van der Waals surface area contributed by atoms with Gasteiger partial charge in [-0.1, -0.05) is 0 Å². The Balaban J connectivity index is -0.0000000802. The van der Waals surface area contributed by atoms with E-state index in [1.165, 1.54) is 42.3 Å². The van der Waals surface area contributed by atoms with Gasteiger partial charge in [0, 0.05) is 0 Å². The molecule has 0 amide bonds. The summed E-state index contributed by atoms with van der Waals surface area (Å²) < 4.78 is 18.5. The van der Waals surface area contributed by atoms with Gasteiger partial charge in [0.05, 0.1) is 0 Å². The van der Waals surface area contributed by atoms with Crippen molar-refractivity contribution >= 4 is 75.4 Å². The second kappa shape index (κ2) is 34.1. The Morgan fingerprint density at radius 3 is 0.536 bits per heavy atom. The third kappa shape index (κ3) is 56.7. The van der Waals surface area contributed by atoms with Crippen LogP contribution in [0.3, 0.4) is 0 Å². The molecule has 0 radical (unpaired) electrons. The van der Waals surface area contributed by atoms with Crippen LogP contribution in [0.5, 0.6) is 0 Å². The first-order valence-corrected chi connectivity index (χ1v) is 20.5. The van der Waals surface area contributed by atoms with Gasteiger partial charge in [-0.15, -0.1) is 0 Å². The predicted molar refractivity (Wildman–Crippen MR) is 122 cm³/mol. The van der Waals surface area contributed by atoms with Crippen molar-refractivity contribution in [3.05, 3.63) is 0 Å². The van der Waals surface area contributed by atoms with Crippen LogP contribution < -0.4 is 19.6 Å². The van der Waals surface area contributed by atoms with Gasteiger partial charge in [-0.2, -0.15) is 0 Å². The molecule has 0 spiro atoms. The topological polar surface area (TPSA) is 126 Å². The van der Waals surface area contributed by atoms with Gasteiger partial charge in [0.15, 0.2) is 0 Å². The first kappa shape index (κ1) is 40.8. The maximum Gasteiger partial charge on any atom is -0.0349 e. The van der Waals surface area contributed by atoms with Crippen LogP contribution in [0.2, 0.25) is 42.3 Å². The molecule has 0 fully saturated rings. The maximum atomic E-state index is 9.24. The fourth-order valence-corrected chi connectivity index (χ4v) is 3.46. The monoisotopic (exact) mass is 498 g/mol. The molecule has 0 bridgehead atoms. The van der Waals surface area contributed by atoms with Crippen molar-refractivity contribution in [3.8, 4) is 0 Å². The van der Waals surface area contributed by atoms with Crippen molar-refractivity contribution in [2.75, 3.05) is 0 Å². The Morgan fingerprint density at radius 2 is 0.536 bits per heavy atom. The van der Waals surface area contributed by atoms with Crippen LogP contribution in [0.25, 0.3) is 0 Å². The van der Waals surface area contributed by atoms with Gasteiger partial charge in [0.2, 0.25) is 0 Å². The van der Waals surface area contributed by atoms with E-state index in [4.69, 9.17) is 0 Å². The van der Waals surface area contributed by atoms with E-state index in [9.17, 15) is 28.7 Å². The van der Waals surface area contributed by atoms with E-state index in [0.29, 0.717) is 0 Å². The second-order valence-electron chi connectivity index (χ2n) is 5.36. The number of hydrogen-bond donors (Lipinski definition) is 0. The summed E-state index contributed by atoms with van der Waals surface area (Å²) >= 11 is 3.26. The molecular formula is C16H40Al4O6P2. The van der Waals surface area contributed by atoms with Gasteiger partial charge in [0.25, 0.3) is 0 Å². The molecule has 0 rings (SSSR count). The zero-order chi connectivity index (χ0) is 23.5. The van der Waals surface area contributed by atoms with Crippen molar-refractivity contribution in [2.24, 2.45) is 0 Å². The van der Waals surface area contributed by atoms with Crippen molar-refractivity contribution < 1.29 is 28.7 Å². The smallest absolute Gasteiger partial charge is 0.0349 e. The van der Waals surface area contributed by atoms with Gasteiger partial charge in [0.1, 0.15) is 0 Å². The summed E-state index contributed by atoms with van der Waals surface area (Å²) in [6.45, 7) is 18.0. The van der Waals surface area contributed by atoms with Crippen LogP contribution in [0, 0.1) is 0 Å².